The third-order valence-corrected chi connectivity index (χ3v) is 7.24. The number of carbonyl (C=O) groups excluding carboxylic acids is 1. The number of amides is 1. The molecule has 0 aliphatic carbocycles. The summed E-state index contributed by atoms with van der Waals surface area (Å²) in [7, 11) is 1.72. The smallest absolute Gasteiger partial charge is 0.226 e. The number of nitrogens with one attached hydrogen (secondary N) is 1. The van der Waals surface area contributed by atoms with Crippen molar-refractivity contribution in [1.29, 1.82) is 0 Å². The van der Waals surface area contributed by atoms with Crippen molar-refractivity contribution in [2.75, 3.05) is 25.5 Å². The number of nitrogens with zero attached hydrogens (tertiary/aromatic N) is 2. The number of anilines is 1. The molecular formula is C31H35N3O2. The Labute approximate surface area is 213 Å². The normalized spacial score (nSPS) is 14.9. The lowest BCUT2D eigenvalue weighted by atomic mass is 9.89. The van der Waals surface area contributed by atoms with Gasteiger partial charge in [-0.25, -0.2) is 0 Å². The van der Waals surface area contributed by atoms with E-state index in [0.29, 0.717) is 5.92 Å². The Hall–Kier alpha value is -3.57. The predicted octanol–water partition coefficient (Wildman–Crippen LogP) is 6.61. The molecule has 3 aromatic carbocycles. The fraction of sp³-hybridized carbons (Fsp3) is 0.323. The van der Waals surface area contributed by atoms with Crippen LogP contribution in [0.5, 0.6) is 5.75 Å². The molecule has 1 fully saturated rings. The van der Waals surface area contributed by atoms with E-state index in [-0.39, 0.29) is 11.8 Å². The number of likely N-dealkylation sites (tertiary alicyclic amines) is 1. The first-order valence-corrected chi connectivity index (χ1v) is 12.9. The predicted molar refractivity (Wildman–Crippen MR) is 147 cm³/mol. The second-order valence-electron chi connectivity index (χ2n) is 10.1. The Balaban J connectivity index is 1.23. The van der Waals surface area contributed by atoms with Crippen LogP contribution in [0.1, 0.15) is 43.7 Å². The summed E-state index contributed by atoms with van der Waals surface area (Å²) in [5, 5.41) is 4.28. The lowest BCUT2D eigenvalue weighted by Crippen LogP contribution is -2.32. The summed E-state index contributed by atoms with van der Waals surface area (Å²) in [5.41, 5.74) is 5.82. The molecule has 1 N–H and O–H groups in total. The number of carbonyl (C=O) groups is 1. The molecule has 4 aromatic rings. The Morgan fingerprint density at radius 2 is 1.81 bits per heavy atom. The first-order chi connectivity index (χ1) is 17.5. The quantitative estimate of drug-likeness (QED) is 0.323. The molecule has 0 bridgehead atoms. The molecule has 1 saturated heterocycles. The molecule has 1 aliphatic rings. The number of benzene rings is 3. The summed E-state index contributed by atoms with van der Waals surface area (Å²) in [6, 6.07) is 25.5. The zero-order chi connectivity index (χ0) is 25.1. The van der Waals surface area contributed by atoms with Gasteiger partial charge in [0.25, 0.3) is 0 Å². The molecule has 1 amide bonds. The summed E-state index contributed by atoms with van der Waals surface area (Å²) in [5.74, 6) is 1.46. The summed E-state index contributed by atoms with van der Waals surface area (Å²) in [6.45, 7) is 6.96. The van der Waals surface area contributed by atoms with E-state index < -0.39 is 0 Å². The number of piperidine rings is 1. The third-order valence-electron chi connectivity index (χ3n) is 7.24. The standard InChI is InChI=1S/C31H35N3O2/c1-22(2)31(35)32-27-8-6-7-25(20-27)24-13-16-33(17-14-24)21-23-11-12-28-26(19-23)15-18-34(28)29-9-4-5-10-30(29)36-3/h4-12,15,18-20,22,24H,13-14,16-17,21H2,1-3H3,(H,32,35). The van der Waals surface area contributed by atoms with Gasteiger partial charge in [-0.3, -0.25) is 9.69 Å². The van der Waals surface area contributed by atoms with E-state index in [1.165, 1.54) is 22.0 Å². The number of ether oxygens (including phenoxy) is 1. The lowest BCUT2D eigenvalue weighted by molar-refractivity contribution is -0.118. The molecule has 0 spiro atoms. The van der Waals surface area contributed by atoms with Crippen molar-refractivity contribution in [1.82, 2.24) is 9.47 Å². The maximum absolute atomic E-state index is 12.1. The van der Waals surface area contributed by atoms with Gasteiger partial charge in [-0.2, -0.15) is 0 Å². The molecule has 1 aromatic heterocycles. The Morgan fingerprint density at radius 1 is 1.00 bits per heavy atom. The summed E-state index contributed by atoms with van der Waals surface area (Å²) in [4.78, 5) is 14.6. The van der Waals surface area contributed by atoms with Crippen LogP contribution in [0.2, 0.25) is 0 Å². The number of rotatable bonds is 7. The number of fused-ring (bicyclic) bond motifs is 1. The molecule has 5 rings (SSSR count). The van der Waals surface area contributed by atoms with Gasteiger partial charge in [-0.15, -0.1) is 0 Å². The minimum Gasteiger partial charge on any atom is -0.495 e. The second-order valence-corrected chi connectivity index (χ2v) is 10.1. The number of hydrogen-bond donors (Lipinski definition) is 1. The first-order valence-electron chi connectivity index (χ1n) is 12.9. The Bertz CT molecular complexity index is 1350. The van der Waals surface area contributed by atoms with Gasteiger partial charge in [0, 0.05) is 29.7 Å². The van der Waals surface area contributed by atoms with Crippen LogP contribution in [0, 0.1) is 5.92 Å². The SMILES string of the molecule is COc1ccccc1-n1ccc2cc(CN3CCC(c4cccc(NC(=O)C(C)C)c4)CC3)ccc21. The molecule has 36 heavy (non-hydrogen) atoms. The van der Waals surface area contributed by atoms with Gasteiger partial charge in [0.1, 0.15) is 5.75 Å². The average Bonchev–Trinajstić information content (AvgIpc) is 3.32. The number of hydrogen-bond acceptors (Lipinski definition) is 3. The van der Waals surface area contributed by atoms with Gasteiger partial charge in [0.05, 0.1) is 18.3 Å². The van der Waals surface area contributed by atoms with Crippen LogP contribution < -0.4 is 10.1 Å². The van der Waals surface area contributed by atoms with E-state index >= 15 is 0 Å². The van der Waals surface area contributed by atoms with E-state index in [0.717, 1.165) is 49.6 Å². The van der Waals surface area contributed by atoms with Gasteiger partial charge in [0.15, 0.2) is 0 Å². The Kier molecular flexibility index (Phi) is 7.10. The zero-order valence-corrected chi connectivity index (χ0v) is 21.4. The molecular weight excluding hydrogens is 446 g/mol. The van der Waals surface area contributed by atoms with Gasteiger partial charge >= 0.3 is 0 Å². The largest absolute Gasteiger partial charge is 0.495 e. The van der Waals surface area contributed by atoms with Crippen molar-refractivity contribution >= 4 is 22.5 Å². The van der Waals surface area contributed by atoms with E-state index in [9.17, 15) is 4.79 Å². The zero-order valence-electron chi connectivity index (χ0n) is 21.4. The highest BCUT2D eigenvalue weighted by molar-refractivity contribution is 5.92. The third kappa shape index (κ3) is 5.17. The summed E-state index contributed by atoms with van der Waals surface area (Å²) < 4.78 is 7.77. The van der Waals surface area contributed by atoms with Crippen molar-refractivity contribution in [2.24, 2.45) is 5.92 Å². The van der Waals surface area contributed by atoms with Crippen LogP contribution in [-0.4, -0.2) is 35.6 Å². The van der Waals surface area contributed by atoms with Crippen molar-refractivity contribution in [3.63, 3.8) is 0 Å². The fourth-order valence-electron chi connectivity index (χ4n) is 5.17. The Morgan fingerprint density at radius 3 is 2.58 bits per heavy atom. The minimum atomic E-state index is -0.0177. The molecule has 2 heterocycles. The van der Waals surface area contributed by atoms with E-state index in [4.69, 9.17) is 4.74 Å². The van der Waals surface area contributed by atoms with Crippen molar-refractivity contribution in [2.45, 2.75) is 39.2 Å². The van der Waals surface area contributed by atoms with Crippen LogP contribution >= 0.6 is 0 Å². The van der Waals surface area contributed by atoms with E-state index in [1.54, 1.807) is 7.11 Å². The van der Waals surface area contributed by atoms with Gasteiger partial charge in [-0.1, -0.05) is 44.2 Å². The van der Waals surface area contributed by atoms with Gasteiger partial charge in [-0.05, 0) is 85.4 Å². The van der Waals surface area contributed by atoms with E-state index in [2.05, 4.69) is 69.5 Å². The van der Waals surface area contributed by atoms with Gasteiger partial charge in [0.2, 0.25) is 5.91 Å². The molecule has 186 valence electrons. The van der Waals surface area contributed by atoms with Crippen LogP contribution in [0.3, 0.4) is 0 Å². The highest BCUT2D eigenvalue weighted by Gasteiger charge is 2.21. The number of para-hydroxylation sites is 2. The fourth-order valence-corrected chi connectivity index (χ4v) is 5.17. The minimum absolute atomic E-state index is 0.0177. The molecule has 0 radical (unpaired) electrons. The first kappa shape index (κ1) is 24.1. The van der Waals surface area contributed by atoms with Crippen molar-refractivity contribution < 1.29 is 9.53 Å². The second kappa shape index (κ2) is 10.6. The molecule has 1 aliphatic heterocycles. The molecule has 5 heteroatoms. The monoisotopic (exact) mass is 481 g/mol. The van der Waals surface area contributed by atoms with Crippen molar-refractivity contribution in [3.8, 4) is 11.4 Å². The van der Waals surface area contributed by atoms with Crippen LogP contribution in [0.4, 0.5) is 5.69 Å². The van der Waals surface area contributed by atoms with E-state index in [1.807, 2.05) is 38.1 Å². The maximum Gasteiger partial charge on any atom is 0.226 e. The number of methoxy groups -OCH3 is 1. The average molecular weight is 482 g/mol. The summed E-state index contributed by atoms with van der Waals surface area (Å²) in [6.07, 6.45) is 4.39. The summed E-state index contributed by atoms with van der Waals surface area (Å²) >= 11 is 0. The van der Waals surface area contributed by atoms with Crippen LogP contribution in [0.25, 0.3) is 16.6 Å². The maximum atomic E-state index is 12.1. The molecule has 0 atom stereocenters. The van der Waals surface area contributed by atoms with Crippen LogP contribution in [-0.2, 0) is 11.3 Å². The van der Waals surface area contributed by atoms with Gasteiger partial charge < -0.3 is 14.6 Å². The molecule has 5 nitrogen and oxygen atoms in total. The molecule has 0 unspecified atom stereocenters. The molecule has 0 saturated carbocycles. The highest BCUT2D eigenvalue weighted by atomic mass is 16.5. The lowest BCUT2D eigenvalue weighted by Gasteiger charge is -2.32. The van der Waals surface area contributed by atoms with Crippen LogP contribution in [0.15, 0.2) is 79.0 Å². The topological polar surface area (TPSA) is 46.5 Å². The highest BCUT2D eigenvalue weighted by Crippen LogP contribution is 2.31. The number of aromatic nitrogens is 1. The van der Waals surface area contributed by atoms with Crippen molar-refractivity contribution in [3.05, 3.63) is 90.1 Å².